The Balaban J connectivity index is 2.44. The molecule has 1 unspecified atom stereocenters. The maximum Gasteiger partial charge on any atom is 0.337 e. The van der Waals surface area contributed by atoms with E-state index in [1.165, 1.54) is 12.3 Å². The van der Waals surface area contributed by atoms with Crippen LogP contribution >= 0.6 is 11.6 Å². The SMILES string of the molecule is COC(C)c1cccc(-c2ncc(C(=O)O)cc2Cl)c1. The van der Waals surface area contributed by atoms with Crippen LogP contribution in [0.5, 0.6) is 0 Å². The number of carboxylic acid groups (broad SMARTS) is 1. The van der Waals surface area contributed by atoms with Crippen molar-refractivity contribution in [3.63, 3.8) is 0 Å². The zero-order valence-electron chi connectivity index (χ0n) is 11.1. The zero-order chi connectivity index (χ0) is 14.7. The van der Waals surface area contributed by atoms with Crippen LogP contribution in [0.4, 0.5) is 0 Å². The summed E-state index contributed by atoms with van der Waals surface area (Å²) in [5.74, 6) is -1.05. The third-order valence-corrected chi connectivity index (χ3v) is 3.36. The molecule has 0 aliphatic heterocycles. The molecule has 2 rings (SSSR count). The molecule has 1 heterocycles. The van der Waals surface area contributed by atoms with E-state index in [9.17, 15) is 4.79 Å². The lowest BCUT2D eigenvalue weighted by atomic mass is 10.0. The van der Waals surface area contributed by atoms with Crippen LogP contribution in [-0.4, -0.2) is 23.2 Å². The number of hydrogen-bond donors (Lipinski definition) is 1. The monoisotopic (exact) mass is 291 g/mol. The van der Waals surface area contributed by atoms with Crippen LogP contribution < -0.4 is 0 Å². The second-order valence-corrected chi connectivity index (χ2v) is 4.77. The number of ether oxygens (including phenoxy) is 1. The number of methoxy groups -OCH3 is 1. The third kappa shape index (κ3) is 2.98. The molecule has 1 aromatic carbocycles. The normalized spacial score (nSPS) is 12.2. The molecule has 2 aromatic rings. The summed E-state index contributed by atoms with van der Waals surface area (Å²) in [5, 5.41) is 9.22. The first-order valence-corrected chi connectivity index (χ1v) is 6.42. The van der Waals surface area contributed by atoms with E-state index >= 15 is 0 Å². The molecule has 0 saturated carbocycles. The molecule has 104 valence electrons. The Kier molecular flexibility index (Phi) is 4.37. The highest BCUT2D eigenvalue weighted by Gasteiger charge is 2.12. The predicted octanol–water partition coefficient (Wildman–Crippen LogP) is 3.81. The predicted molar refractivity (Wildman–Crippen MR) is 77.1 cm³/mol. The summed E-state index contributed by atoms with van der Waals surface area (Å²) in [6.07, 6.45) is 1.27. The summed E-state index contributed by atoms with van der Waals surface area (Å²) in [7, 11) is 1.64. The molecule has 0 fully saturated rings. The summed E-state index contributed by atoms with van der Waals surface area (Å²) < 4.78 is 5.28. The Morgan fingerprint density at radius 2 is 2.15 bits per heavy atom. The summed E-state index contributed by atoms with van der Waals surface area (Å²) in [6, 6.07) is 9.06. The minimum atomic E-state index is -1.05. The number of hydrogen-bond acceptors (Lipinski definition) is 3. The average Bonchev–Trinajstić information content (AvgIpc) is 2.46. The van der Waals surface area contributed by atoms with Gasteiger partial charge in [0.05, 0.1) is 22.4 Å². The van der Waals surface area contributed by atoms with E-state index in [4.69, 9.17) is 21.4 Å². The molecule has 1 N–H and O–H groups in total. The van der Waals surface area contributed by atoms with Crippen molar-refractivity contribution in [3.8, 4) is 11.3 Å². The molecule has 1 atom stereocenters. The van der Waals surface area contributed by atoms with Crippen LogP contribution in [0.25, 0.3) is 11.3 Å². The lowest BCUT2D eigenvalue weighted by Crippen LogP contribution is -1.99. The highest BCUT2D eigenvalue weighted by Crippen LogP contribution is 2.28. The number of benzene rings is 1. The van der Waals surface area contributed by atoms with E-state index in [0.717, 1.165) is 11.1 Å². The number of aromatic nitrogens is 1. The fourth-order valence-electron chi connectivity index (χ4n) is 1.84. The first-order valence-electron chi connectivity index (χ1n) is 6.05. The van der Waals surface area contributed by atoms with Crippen molar-refractivity contribution in [2.24, 2.45) is 0 Å². The van der Waals surface area contributed by atoms with Gasteiger partial charge in [-0.15, -0.1) is 0 Å². The first-order chi connectivity index (χ1) is 9.52. The van der Waals surface area contributed by atoms with Crippen LogP contribution in [0.3, 0.4) is 0 Å². The Labute approximate surface area is 122 Å². The van der Waals surface area contributed by atoms with E-state index in [1.807, 2.05) is 31.2 Å². The fraction of sp³-hybridized carbons (Fsp3) is 0.200. The largest absolute Gasteiger partial charge is 0.478 e. The number of halogens is 1. The molecular formula is C15H14ClNO3. The van der Waals surface area contributed by atoms with Crippen LogP contribution in [0.1, 0.15) is 28.9 Å². The molecule has 0 saturated heterocycles. The van der Waals surface area contributed by atoms with Gasteiger partial charge in [-0.2, -0.15) is 0 Å². The highest BCUT2D eigenvalue weighted by atomic mass is 35.5. The summed E-state index contributed by atoms with van der Waals surface area (Å²) in [5.41, 5.74) is 2.46. The van der Waals surface area contributed by atoms with Crippen molar-refractivity contribution in [3.05, 3.63) is 52.7 Å². The standard InChI is InChI=1S/C15H14ClNO3/c1-9(20-2)10-4-3-5-11(6-10)14-13(16)7-12(8-17-14)15(18)19/h3-9H,1-2H3,(H,18,19). The summed E-state index contributed by atoms with van der Waals surface area (Å²) in [4.78, 5) is 15.0. The highest BCUT2D eigenvalue weighted by molar-refractivity contribution is 6.33. The van der Waals surface area contributed by atoms with Crippen molar-refractivity contribution in [2.75, 3.05) is 7.11 Å². The van der Waals surface area contributed by atoms with Gasteiger partial charge in [0.1, 0.15) is 0 Å². The van der Waals surface area contributed by atoms with Crippen LogP contribution in [0.2, 0.25) is 5.02 Å². The third-order valence-electron chi connectivity index (χ3n) is 3.07. The number of pyridine rings is 1. The topological polar surface area (TPSA) is 59.4 Å². The average molecular weight is 292 g/mol. The maximum absolute atomic E-state index is 10.9. The van der Waals surface area contributed by atoms with Crippen molar-refractivity contribution in [1.82, 2.24) is 4.98 Å². The molecular weight excluding hydrogens is 278 g/mol. The molecule has 0 amide bonds. The van der Waals surface area contributed by atoms with Crippen molar-refractivity contribution < 1.29 is 14.6 Å². The molecule has 0 aliphatic rings. The second kappa shape index (κ2) is 6.03. The van der Waals surface area contributed by atoms with E-state index in [2.05, 4.69) is 4.98 Å². The summed E-state index contributed by atoms with van der Waals surface area (Å²) in [6.45, 7) is 1.95. The number of nitrogens with zero attached hydrogens (tertiary/aromatic N) is 1. The number of carbonyl (C=O) groups is 1. The number of rotatable bonds is 4. The van der Waals surface area contributed by atoms with Gasteiger partial charge in [0.2, 0.25) is 0 Å². The quantitative estimate of drug-likeness (QED) is 0.930. The van der Waals surface area contributed by atoms with Gasteiger partial charge >= 0.3 is 5.97 Å². The fourth-order valence-corrected chi connectivity index (χ4v) is 2.12. The minimum absolute atomic E-state index is 0.0352. The van der Waals surface area contributed by atoms with Gasteiger partial charge in [0.15, 0.2) is 0 Å². The van der Waals surface area contributed by atoms with Gasteiger partial charge in [-0.3, -0.25) is 4.98 Å². The van der Waals surface area contributed by atoms with Gasteiger partial charge in [-0.05, 0) is 24.6 Å². The lowest BCUT2D eigenvalue weighted by Gasteiger charge is -2.12. The minimum Gasteiger partial charge on any atom is -0.478 e. The number of aromatic carboxylic acids is 1. The van der Waals surface area contributed by atoms with Crippen molar-refractivity contribution in [1.29, 1.82) is 0 Å². The smallest absolute Gasteiger partial charge is 0.337 e. The summed E-state index contributed by atoms with van der Waals surface area (Å²) >= 11 is 6.12. The van der Waals surface area contributed by atoms with E-state index < -0.39 is 5.97 Å². The number of carboxylic acids is 1. The molecule has 20 heavy (non-hydrogen) atoms. The Morgan fingerprint density at radius 3 is 2.75 bits per heavy atom. The zero-order valence-corrected chi connectivity index (χ0v) is 11.9. The van der Waals surface area contributed by atoms with E-state index in [0.29, 0.717) is 10.7 Å². The molecule has 0 spiro atoms. The van der Waals surface area contributed by atoms with Gasteiger partial charge in [0, 0.05) is 18.9 Å². The van der Waals surface area contributed by atoms with Crippen LogP contribution in [0.15, 0.2) is 36.5 Å². The second-order valence-electron chi connectivity index (χ2n) is 4.36. The van der Waals surface area contributed by atoms with Crippen molar-refractivity contribution >= 4 is 17.6 Å². The van der Waals surface area contributed by atoms with E-state index in [-0.39, 0.29) is 11.7 Å². The first kappa shape index (κ1) is 14.5. The van der Waals surface area contributed by atoms with Crippen LogP contribution in [-0.2, 0) is 4.74 Å². The Morgan fingerprint density at radius 1 is 1.40 bits per heavy atom. The van der Waals surface area contributed by atoms with E-state index in [1.54, 1.807) is 7.11 Å². The molecule has 0 radical (unpaired) electrons. The lowest BCUT2D eigenvalue weighted by molar-refractivity contribution is 0.0696. The van der Waals surface area contributed by atoms with Gasteiger partial charge < -0.3 is 9.84 Å². The molecule has 0 bridgehead atoms. The van der Waals surface area contributed by atoms with Gasteiger partial charge in [-0.25, -0.2) is 4.79 Å². The Hall–Kier alpha value is -1.91. The van der Waals surface area contributed by atoms with Crippen LogP contribution in [0, 0.1) is 0 Å². The molecule has 5 heteroatoms. The van der Waals surface area contributed by atoms with Gasteiger partial charge in [0.25, 0.3) is 0 Å². The maximum atomic E-state index is 10.9. The molecule has 1 aromatic heterocycles. The Bertz CT molecular complexity index is 643. The van der Waals surface area contributed by atoms with Crippen molar-refractivity contribution in [2.45, 2.75) is 13.0 Å². The molecule has 4 nitrogen and oxygen atoms in total. The molecule has 0 aliphatic carbocycles. The van der Waals surface area contributed by atoms with Gasteiger partial charge in [-0.1, -0.05) is 29.8 Å².